The topological polar surface area (TPSA) is 45.4 Å². The normalized spacial score (nSPS) is 10.9. The molecule has 0 atom stereocenters. The Morgan fingerprint density at radius 2 is 2.25 bits per heavy atom. The van der Waals surface area contributed by atoms with Crippen molar-refractivity contribution in [1.82, 2.24) is 0 Å². The first kappa shape index (κ1) is 12.9. The van der Waals surface area contributed by atoms with Gasteiger partial charge in [0, 0.05) is 4.90 Å². The number of para-hydroxylation sites is 1. The van der Waals surface area contributed by atoms with Crippen LogP contribution in [-0.2, 0) is 4.74 Å². The molecule has 0 bridgehead atoms. The molecule has 3 nitrogen and oxygen atoms in total. The van der Waals surface area contributed by atoms with E-state index in [0.29, 0.717) is 11.8 Å². The van der Waals surface area contributed by atoms with Gasteiger partial charge < -0.3 is 4.74 Å². The maximum atomic E-state index is 8.67. The third-order valence-corrected chi connectivity index (χ3v) is 2.89. The van der Waals surface area contributed by atoms with Gasteiger partial charge in [-0.3, -0.25) is 0 Å². The largest absolute Gasteiger partial charge is 0.473 e. The average Bonchev–Trinajstić information content (AvgIpc) is 2.31. The molecular formula is C11H12N2OS2. The second kappa shape index (κ2) is 7.20. The van der Waals surface area contributed by atoms with Crippen LogP contribution in [0.25, 0.3) is 0 Å². The molecule has 0 fully saturated rings. The van der Waals surface area contributed by atoms with Crippen LogP contribution in [0, 0.1) is 10.7 Å². The predicted octanol–water partition coefficient (Wildman–Crippen LogP) is 3.65. The van der Waals surface area contributed by atoms with Crippen LogP contribution in [0.1, 0.15) is 6.92 Å². The molecule has 1 aromatic rings. The fourth-order valence-electron chi connectivity index (χ4n) is 1.04. The first-order valence-electron chi connectivity index (χ1n) is 4.72. The molecular weight excluding hydrogens is 240 g/mol. The summed E-state index contributed by atoms with van der Waals surface area (Å²) >= 11 is 2.56. The zero-order valence-electron chi connectivity index (χ0n) is 9.14. The van der Waals surface area contributed by atoms with Gasteiger partial charge in [-0.2, -0.15) is 5.26 Å². The Balaban J connectivity index is 2.98. The van der Waals surface area contributed by atoms with E-state index < -0.39 is 0 Å². The van der Waals surface area contributed by atoms with Crippen molar-refractivity contribution in [2.75, 3.05) is 12.9 Å². The van der Waals surface area contributed by atoms with Crippen molar-refractivity contribution in [1.29, 1.82) is 5.26 Å². The van der Waals surface area contributed by atoms with Gasteiger partial charge in [-0.05, 0) is 37.1 Å². The maximum absolute atomic E-state index is 8.67. The van der Waals surface area contributed by atoms with Crippen LogP contribution in [-0.4, -0.2) is 18.1 Å². The zero-order valence-corrected chi connectivity index (χ0v) is 10.8. The minimum absolute atomic E-state index is 0.591. The standard InChI is InChI=1S/C11H12N2OS2/c1-3-14-11(15-2)13-9-6-4-5-7-10(9)16-8-12/h4-7H,3H2,1-2H3. The van der Waals surface area contributed by atoms with Gasteiger partial charge in [0.15, 0.2) is 0 Å². The van der Waals surface area contributed by atoms with Gasteiger partial charge in [0.05, 0.1) is 12.3 Å². The second-order valence-electron chi connectivity index (χ2n) is 2.68. The highest BCUT2D eigenvalue weighted by atomic mass is 32.2. The lowest BCUT2D eigenvalue weighted by Gasteiger charge is -2.05. The van der Waals surface area contributed by atoms with Gasteiger partial charge in [0.1, 0.15) is 5.40 Å². The third kappa shape index (κ3) is 3.80. The number of ether oxygens (including phenoxy) is 1. The average molecular weight is 252 g/mol. The van der Waals surface area contributed by atoms with Gasteiger partial charge in [0.2, 0.25) is 0 Å². The smallest absolute Gasteiger partial charge is 0.250 e. The molecule has 16 heavy (non-hydrogen) atoms. The summed E-state index contributed by atoms with van der Waals surface area (Å²) in [5.41, 5.74) is 0.770. The quantitative estimate of drug-likeness (QED) is 0.356. The molecule has 0 heterocycles. The van der Waals surface area contributed by atoms with E-state index in [1.165, 1.54) is 11.8 Å². The van der Waals surface area contributed by atoms with Crippen LogP contribution in [0.15, 0.2) is 34.2 Å². The number of rotatable bonds is 3. The second-order valence-corrected chi connectivity index (χ2v) is 4.26. The van der Waals surface area contributed by atoms with Gasteiger partial charge in [0.25, 0.3) is 5.23 Å². The molecule has 1 aromatic carbocycles. The molecule has 0 spiro atoms. The lowest BCUT2D eigenvalue weighted by molar-refractivity contribution is 0.338. The molecule has 0 radical (unpaired) electrons. The number of hydrogen-bond donors (Lipinski definition) is 0. The van der Waals surface area contributed by atoms with Crippen molar-refractivity contribution >= 4 is 34.4 Å². The van der Waals surface area contributed by atoms with Crippen LogP contribution in [0.3, 0.4) is 0 Å². The number of benzene rings is 1. The summed E-state index contributed by atoms with van der Waals surface area (Å²) in [6.45, 7) is 2.51. The number of thioether (sulfide) groups is 2. The summed E-state index contributed by atoms with van der Waals surface area (Å²) < 4.78 is 5.35. The van der Waals surface area contributed by atoms with E-state index in [-0.39, 0.29) is 0 Å². The summed E-state index contributed by atoms with van der Waals surface area (Å²) in [6, 6.07) is 7.52. The molecule has 5 heteroatoms. The number of aliphatic imine (C=N–C) groups is 1. The Labute approximate surface area is 104 Å². The van der Waals surface area contributed by atoms with Crippen molar-refractivity contribution in [2.24, 2.45) is 4.99 Å². The summed E-state index contributed by atoms with van der Waals surface area (Å²) in [5, 5.41) is 11.3. The first-order chi connectivity index (χ1) is 7.81. The maximum Gasteiger partial charge on any atom is 0.250 e. The van der Waals surface area contributed by atoms with Gasteiger partial charge in [-0.1, -0.05) is 23.9 Å². The fourth-order valence-corrected chi connectivity index (χ4v) is 1.93. The first-order valence-corrected chi connectivity index (χ1v) is 6.76. The zero-order chi connectivity index (χ0) is 11.8. The number of hydrogen-bond acceptors (Lipinski definition) is 5. The van der Waals surface area contributed by atoms with Gasteiger partial charge in [-0.15, -0.1) is 0 Å². The highest BCUT2D eigenvalue weighted by Crippen LogP contribution is 2.29. The van der Waals surface area contributed by atoms with Crippen LogP contribution < -0.4 is 0 Å². The minimum atomic E-state index is 0.591. The van der Waals surface area contributed by atoms with Crippen molar-refractivity contribution in [3.63, 3.8) is 0 Å². The Morgan fingerprint density at radius 1 is 1.50 bits per heavy atom. The van der Waals surface area contributed by atoms with Crippen molar-refractivity contribution in [3.05, 3.63) is 24.3 Å². The van der Waals surface area contributed by atoms with E-state index >= 15 is 0 Å². The lowest BCUT2D eigenvalue weighted by atomic mass is 10.3. The van der Waals surface area contributed by atoms with E-state index in [1.54, 1.807) is 0 Å². The SMILES string of the molecule is CCOC(=Nc1ccccc1SC#N)SC. The van der Waals surface area contributed by atoms with Crippen LogP contribution >= 0.6 is 23.5 Å². The summed E-state index contributed by atoms with van der Waals surface area (Å²) in [4.78, 5) is 5.21. The molecule has 0 aliphatic rings. The van der Waals surface area contributed by atoms with E-state index in [4.69, 9.17) is 10.00 Å². The predicted molar refractivity (Wildman–Crippen MR) is 70.1 cm³/mol. The Hall–Kier alpha value is -1.12. The van der Waals surface area contributed by atoms with Crippen molar-refractivity contribution < 1.29 is 4.74 Å². The lowest BCUT2D eigenvalue weighted by Crippen LogP contribution is -1.97. The molecule has 0 aliphatic carbocycles. The van der Waals surface area contributed by atoms with E-state index in [1.807, 2.05) is 42.8 Å². The summed E-state index contributed by atoms with van der Waals surface area (Å²) in [6.07, 6.45) is 1.91. The van der Waals surface area contributed by atoms with Gasteiger partial charge in [-0.25, -0.2) is 4.99 Å². The van der Waals surface area contributed by atoms with E-state index in [9.17, 15) is 0 Å². The van der Waals surface area contributed by atoms with Crippen LogP contribution in [0.4, 0.5) is 5.69 Å². The molecule has 0 saturated heterocycles. The number of nitriles is 1. The minimum Gasteiger partial charge on any atom is -0.473 e. The summed E-state index contributed by atoms with van der Waals surface area (Å²) in [7, 11) is 0. The fraction of sp³-hybridized carbons (Fsp3) is 0.273. The molecule has 0 saturated carbocycles. The van der Waals surface area contributed by atoms with Crippen molar-refractivity contribution in [2.45, 2.75) is 11.8 Å². The van der Waals surface area contributed by atoms with E-state index in [0.717, 1.165) is 22.3 Å². The van der Waals surface area contributed by atoms with Crippen LogP contribution in [0.2, 0.25) is 0 Å². The summed E-state index contributed by atoms with van der Waals surface area (Å²) in [5.74, 6) is 0. The number of thiocyanates is 1. The van der Waals surface area contributed by atoms with Crippen LogP contribution in [0.5, 0.6) is 0 Å². The van der Waals surface area contributed by atoms with Gasteiger partial charge >= 0.3 is 0 Å². The molecule has 0 amide bonds. The van der Waals surface area contributed by atoms with Crippen molar-refractivity contribution in [3.8, 4) is 5.40 Å². The monoisotopic (exact) mass is 252 g/mol. The Bertz CT molecular complexity index is 413. The highest BCUT2D eigenvalue weighted by molar-refractivity contribution is 8.13. The molecule has 0 aromatic heterocycles. The molecule has 0 aliphatic heterocycles. The third-order valence-electron chi connectivity index (χ3n) is 1.68. The Kier molecular flexibility index (Phi) is 5.83. The Morgan fingerprint density at radius 3 is 2.88 bits per heavy atom. The molecule has 84 valence electrons. The van der Waals surface area contributed by atoms with E-state index in [2.05, 4.69) is 4.99 Å². The molecule has 0 unspecified atom stereocenters. The highest BCUT2D eigenvalue weighted by Gasteiger charge is 2.03. The molecule has 1 rings (SSSR count). The molecule has 0 N–H and O–H groups in total. The number of nitrogens with zero attached hydrogens (tertiary/aromatic N) is 2.